The standard InChI is InChI=1S/C11H10N4O3/c12-10-4-2-1-3-8(10)6-14-7-9(15(17)18)5-13-11(14)16/h1-5,7H,6,12H2. The molecule has 2 aromatic rings. The van der Waals surface area contributed by atoms with E-state index in [1.807, 2.05) is 0 Å². The molecule has 0 fully saturated rings. The number of hydrogen-bond donors (Lipinski definition) is 1. The highest BCUT2D eigenvalue weighted by atomic mass is 16.6. The molecule has 1 heterocycles. The van der Waals surface area contributed by atoms with Crippen LogP contribution in [0.2, 0.25) is 0 Å². The molecule has 2 N–H and O–H groups in total. The van der Waals surface area contributed by atoms with E-state index in [-0.39, 0.29) is 12.2 Å². The van der Waals surface area contributed by atoms with Gasteiger partial charge < -0.3 is 5.73 Å². The minimum atomic E-state index is -0.600. The molecule has 0 bridgehead atoms. The topological polar surface area (TPSA) is 104 Å². The van der Waals surface area contributed by atoms with Crippen molar-refractivity contribution in [3.8, 4) is 0 Å². The Balaban J connectivity index is 2.40. The number of nitrogen functional groups attached to an aromatic ring is 1. The van der Waals surface area contributed by atoms with Crippen LogP contribution in [0, 0.1) is 10.1 Å². The molecule has 92 valence electrons. The van der Waals surface area contributed by atoms with Gasteiger partial charge in [-0.2, -0.15) is 4.98 Å². The third kappa shape index (κ3) is 2.34. The Hall–Kier alpha value is -2.70. The molecular weight excluding hydrogens is 236 g/mol. The van der Waals surface area contributed by atoms with Crippen LogP contribution < -0.4 is 11.4 Å². The van der Waals surface area contributed by atoms with Gasteiger partial charge in [-0.3, -0.25) is 14.7 Å². The van der Waals surface area contributed by atoms with E-state index >= 15 is 0 Å². The van der Waals surface area contributed by atoms with Crippen molar-refractivity contribution in [2.24, 2.45) is 0 Å². The average Bonchev–Trinajstić information content (AvgIpc) is 2.34. The van der Waals surface area contributed by atoms with Gasteiger partial charge in [-0.05, 0) is 11.6 Å². The van der Waals surface area contributed by atoms with Gasteiger partial charge in [0.1, 0.15) is 6.20 Å². The molecule has 0 atom stereocenters. The molecule has 0 aliphatic rings. The Morgan fingerprint density at radius 3 is 2.78 bits per heavy atom. The molecule has 0 aliphatic heterocycles. The summed E-state index contributed by atoms with van der Waals surface area (Å²) in [6.07, 6.45) is 2.09. The summed E-state index contributed by atoms with van der Waals surface area (Å²) in [6.45, 7) is 0.153. The fraction of sp³-hybridized carbons (Fsp3) is 0.0909. The van der Waals surface area contributed by atoms with Gasteiger partial charge in [-0.25, -0.2) is 4.79 Å². The van der Waals surface area contributed by atoms with Gasteiger partial charge in [-0.1, -0.05) is 18.2 Å². The van der Waals surface area contributed by atoms with E-state index in [4.69, 9.17) is 5.73 Å². The van der Waals surface area contributed by atoms with Crippen LogP contribution in [0.4, 0.5) is 11.4 Å². The van der Waals surface area contributed by atoms with Gasteiger partial charge in [0.2, 0.25) is 0 Å². The van der Waals surface area contributed by atoms with Crippen molar-refractivity contribution < 1.29 is 4.92 Å². The number of nitrogens with zero attached hydrogens (tertiary/aromatic N) is 3. The summed E-state index contributed by atoms with van der Waals surface area (Å²) in [5, 5.41) is 10.6. The summed E-state index contributed by atoms with van der Waals surface area (Å²) < 4.78 is 1.16. The highest BCUT2D eigenvalue weighted by Gasteiger charge is 2.09. The van der Waals surface area contributed by atoms with E-state index < -0.39 is 10.6 Å². The van der Waals surface area contributed by atoms with Crippen molar-refractivity contribution >= 4 is 11.4 Å². The monoisotopic (exact) mass is 246 g/mol. The largest absolute Gasteiger partial charge is 0.398 e. The molecule has 18 heavy (non-hydrogen) atoms. The van der Waals surface area contributed by atoms with Crippen molar-refractivity contribution in [1.29, 1.82) is 0 Å². The summed E-state index contributed by atoms with van der Waals surface area (Å²) >= 11 is 0. The smallest absolute Gasteiger partial charge is 0.348 e. The molecule has 1 aromatic heterocycles. The molecule has 2 rings (SSSR count). The minimum Gasteiger partial charge on any atom is -0.398 e. The van der Waals surface area contributed by atoms with Crippen molar-refractivity contribution in [1.82, 2.24) is 9.55 Å². The Morgan fingerprint density at radius 1 is 1.39 bits per heavy atom. The predicted octanol–water partition coefficient (Wildman–Crippen LogP) is 0.782. The first-order chi connectivity index (χ1) is 8.58. The number of hydrogen-bond acceptors (Lipinski definition) is 5. The van der Waals surface area contributed by atoms with E-state index in [2.05, 4.69) is 4.98 Å². The predicted molar refractivity (Wildman–Crippen MR) is 65.1 cm³/mol. The summed E-state index contributed by atoms with van der Waals surface area (Å²) in [5.74, 6) is 0. The lowest BCUT2D eigenvalue weighted by Crippen LogP contribution is -2.23. The van der Waals surface area contributed by atoms with Crippen LogP contribution in [0.25, 0.3) is 0 Å². The van der Waals surface area contributed by atoms with Crippen LogP contribution in [0.3, 0.4) is 0 Å². The number of nitro groups is 1. The lowest BCUT2D eigenvalue weighted by molar-refractivity contribution is -0.385. The molecular formula is C11H10N4O3. The quantitative estimate of drug-likeness (QED) is 0.489. The summed E-state index contributed by atoms with van der Waals surface area (Å²) in [6, 6.07) is 7.00. The van der Waals surface area contributed by atoms with Crippen molar-refractivity contribution in [2.75, 3.05) is 5.73 Å². The van der Waals surface area contributed by atoms with Crippen LogP contribution in [0.15, 0.2) is 41.5 Å². The molecule has 0 aliphatic carbocycles. The van der Waals surface area contributed by atoms with Crippen molar-refractivity contribution in [3.63, 3.8) is 0 Å². The number of rotatable bonds is 3. The lowest BCUT2D eigenvalue weighted by atomic mass is 10.2. The molecule has 7 nitrogen and oxygen atoms in total. The molecule has 0 saturated carbocycles. The molecule has 0 unspecified atom stereocenters. The van der Waals surface area contributed by atoms with Crippen molar-refractivity contribution in [2.45, 2.75) is 6.54 Å². The third-order valence-corrected chi connectivity index (χ3v) is 2.45. The molecule has 7 heteroatoms. The Bertz CT molecular complexity index is 651. The molecule has 0 amide bonds. The van der Waals surface area contributed by atoms with E-state index in [0.29, 0.717) is 11.3 Å². The first-order valence-corrected chi connectivity index (χ1v) is 5.12. The fourth-order valence-electron chi connectivity index (χ4n) is 1.51. The second kappa shape index (κ2) is 4.66. The maximum atomic E-state index is 11.5. The zero-order chi connectivity index (χ0) is 13.1. The van der Waals surface area contributed by atoms with E-state index in [1.165, 1.54) is 0 Å². The number of nitrogens with two attached hydrogens (primary N) is 1. The van der Waals surface area contributed by atoms with Crippen LogP contribution in [0.1, 0.15) is 5.56 Å². The van der Waals surface area contributed by atoms with Crippen LogP contribution in [-0.4, -0.2) is 14.5 Å². The molecule has 0 radical (unpaired) electrons. The molecule has 0 saturated heterocycles. The van der Waals surface area contributed by atoms with Crippen LogP contribution >= 0.6 is 0 Å². The van der Waals surface area contributed by atoms with Gasteiger partial charge in [-0.15, -0.1) is 0 Å². The van der Waals surface area contributed by atoms with E-state index in [9.17, 15) is 14.9 Å². The van der Waals surface area contributed by atoms with Gasteiger partial charge in [0.25, 0.3) is 0 Å². The summed E-state index contributed by atoms with van der Waals surface area (Å²) in [4.78, 5) is 25.0. The summed E-state index contributed by atoms with van der Waals surface area (Å²) in [7, 11) is 0. The van der Waals surface area contributed by atoms with Crippen LogP contribution in [-0.2, 0) is 6.54 Å². The number of aromatic nitrogens is 2. The number of anilines is 1. The highest BCUT2D eigenvalue weighted by Crippen LogP contribution is 2.12. The number of para-hydroxylation sites is 1. The SMILES string of the molecule is Nc1ccccc1Cn1cc([N+](=O)[O-])cnc1=O. The highest BCUT2D eigenvalue weighted by molar-refractivity contribution is 5.46. The first-order valence-electron chi connectivity index (χ1n) is 5.12. The Kier molecular flexibility index (Phi) is 3.05. The summed E-state index contributed by atoms with van der Waals surface area (Å²) in [5.41, 5.74) is 6.20. The van der Waals surface area contributed by atoms with Gasteiger partial charge >= 0.3 is 11.4 Å². The van der Waals surface area contributed by atoms with Gasteiger partial charge in [0.15, 0.2) is 0 Å². The fourth-order valence-corrected chi connectivity index (χ4v) is 1.51. The number of benzene rings is 1. The Morgan fingerprint density at radius 2 is 2.11 bits per heavy atom. The van der Waals surface area contributed by atoms with E-state index in [0.717, 1.165) is 17.0 Å². The minimum absolute atomic E-state index is 0.153. The second-order valence-electron chi connectivity index (χ2n) is 3.68. The Labute approximate surface area is 102 Å². The van der Waals surface area contributed by atoms with E-state index in [1.54, 1.807) is 24.3 Å². The molecule has 0 spiro atoms. The second-order valence-corrected chi connectivity index (χ2v) is 3.68. The van der Waals surface area contributed by atoms with Gasteiger partial charge in [0.05, 0.1) is 17.7 Å². The maximum Gasteiger partial charge on any atom is 0.348 e. The third-order valence-electron chi connectivity index (χ3n) is 2.45. The zero-order valence-electron chi connectivity index (χ0n) is 9.31. The maximum absolute atomic E-state index is 11.5. The normalized spacial score (nSPS) is 10.2. The molecule has 1 aromatic carbocycles. The average molecular weight is 246 g/mol. The zero-order valence-corrected chi connectivity index (χ0v) is 9.31. The van der Waals surface area contributed by atoms with Crippen LogP contribution in [0.5, 0.6) is 0 Å². The first kappa shape index (κ1) is 11.8. The van der Waals surface area contributed by atoms with Gasteiger partial charge in [0, 0.05) is 5.69 Å². The van der Waals surface area contributed by atoms with Crippen molar-refractivity contribution in [3.05, 3.63) is 62.8 Å². The lowest BCUT2D eigenvalue weighted by Gasteiger charge is -2.07.